The number of H-pyrrole nitrogens is 1. The number of imidazole rings is 1. The number of carbonyl (C=O) groups is 2. The third kappa shape index (κ3) is 4.26. The first-order chi connectivity index (χ1) is 18.4. The maximum atomic E-state index is 13.5. The molecule has 1 fully saturated rings. The summed E-state index contributed by atoms with van der Waals surface area (Å²) in [5.74, 6) is -0.320. The third-order valence-electron chi connectivity index (χ3n) is 6.28. The van der Waals surface area contributed by atoms with Crippen molar-refractivity contribution in [3.05, 3.63) is 81.8 Å². The number of methoxy groups -OCH3 is 2. The number of nitrogens with one attached hydrogen (secondary N) is 1. The molecule has 1 aliphatic heterocycles. The lowest BCUT2D eigenvalue weighted by molar-refractivity contribution is -0.132. The number of amides is 1. The first-order valence-electron chi connectivity index (χ1n) is 11.8. The molecule has 9 nitrogen and oxygen atoms in total. The summed E-state index contributed by atoms with van der Waals surface area (Å²) in [5, 5.41) is 11.4. The van der Waals surface area contributed by atoms with Crippen LogP contribution in [0.1, 0.15) is 24.1 Å². The van der Waals surface area contributed by atoms with Crippen molar-refractivity contribution in [2.24, 2.45) is 0 Å². The Morgan fingerprint density at radius 1 is 1.03 bits per heavy atom. The van der Waals surface area contributed by atoms with Crippen LogP contribution < -0.4 is 19.1 Å². The summed E-state index contributed by atoms with van der Waals surface area (Å²) in [4.78, 5) is 36.0. The van der Waals surface area contributed by atoms with E-state index in [0.29, 0.717) is 50.5 Å². The highest BCUT2D eigenvalue weighted by Crippen LogP contribution is 2.44. The number of benzene rings is 3. The zero-order chi connectivity index (χ0) is 27.0. The number of halogens is 1. The Balaban J connectivity index is 1.74. The number of nitrogens with zero attached hydrogens (tertiary/aromatic N) is 2. The monoisotopic (exact) mass is 577 g/mol. The summed E-state index contributed by atoms with van der Waals surface area (Å²) in [6.07, 6.45) is 0. The zero-order valence-electron chi connectivity index (χ0n) is 20.8. The molecule has 1 amide bonds. The number of hydrogen-bond acceptors (Lipinski definition) is 7. The van der Waals surface area contributed by atoms with Crippen LogP contribution in [0.2, 0.25) is 0 Å². The number of anilines is 1. The standard InChI is InChI=1S/C28H24BrN3O6/c1-4-38-22-14-15(9-12-21(22)37-3)24-23(25(33)16-10-11-20(36-2)17(29)13-16)26(34)27(35)32(24)28-30-18-7-5-6-8-19(18)31-28/h5-14,24,33H,4H2,1-3H3,(H,30,31)/b25-23+. The Labute approximate surface area is 226 Å². The van der Waals surface area contributed by atoms with Crippen molar-refractivity contribution in [1.29, 1.82) is 0 Å². The maximum Gasteiger partial charge on any atom is 0.302 e. The van der Waals surface area contributed by atoms with Gasteiger partial charge < -0.3 is 24.3 Å². The number of carbonyl (C=O) groups excluding carboxylic acids is 2. The van der Waals surface area contributed by atoms with Gasteiger partial charge >= 0.3 is 5.91 Å². The molecule has 5 rings (SSSR count). The van der Waals surface area contributed by atoms with Gasteiger partial charge in [-0.05, 0) is 70.9 Å². The Morgan fingerprint density at radius 3 is 2.45 bits per heavy atom. The highest BCUT2D eigenvalue weighted by atomic mass is 79.9. The van der Waals surface area contributed by atoms with Crippen LogP contribution in [0.25, 0.3) is 16.8 Å². The van der Waals surface area contributed by atoms with E-state index in [1.54, 1.807) is 42.5 Å². The molecule has 194 valence electrons. The molecule has 0 saturated carbocycles. The van der Waals surface area contributed by atoms with Gasteiger partial charge in [0.1, 0.15) is 11.5 Å². The van der Waals surface area contributed by atoms with E-state index < -0.39 is 17.7 Å². The van der Waals surface area contributed by atoms with E-state index in [1.165, 1.54) is 19.1 Å². The normalized spacial score (nSPS) is 16.7. The van der Waals surface area contributed by atoms with E-state index in [2.05, 4.69) is 25.9 Å². The quantitative estimate of drug-likeness (QED) is 0.172. The van der Waals surface area contributed by atoms with Crippen molar-refractivity contribution >= 4 is 50.4 Å². The average Bonchev–Trinajstić information content (AvgIpc) is 3.46. The summed E-state index contributed by atoms with van der Waals surface area (Å²) in [7, 11) is 3.05. The summed E-state index contributed by atoms with van der Waals surface area (Å²) < 4.78 is 17.0. The summed E-state index contributed by atoms with van der Waals surface area (Å²) in [6.45, 7) is 2.22. The van der Waals surface area contributed by atoms with Gasteiger partial charge in [-0.1, -0.05) is 18.2 Å². The second-order valence-corrected chi connectivity index (χ2v) is 9.29. The SMILES string of the molecule is CCOc1cc(C2/C(=C(\O)c3ccc(OC)c(Br)c3)C(=O)C(=O)N2c2nc3ccccc3[nH]2)ccc1OC. The Morgan fingerprint density at radius 2 is 1.76 bits per heavy atom. The van der Waals surface area contributed by atoms with Gasteiger partial charge in [0.15, 0.2) is 11.5 Å². The first kappa shape index (κ1) is 25.3. The smallest absolute Gasteiger partial charge is 0.302 e. The first-order valence-corrected chi connectivity index (χ1v) is 12.6. The number of ketones is 1. The van der Waals surface area contributed by atoms with Crippen molar-refractivity contribution in [2.75, 3.05) is 25.7 Å². The van der Waals surface area contributed by atoms with Crippen LogP contribution in [0.15, 0.2) is 70.7 Å². The molecule has 0 aliphatic carbocycles. The molecule has 0 bridgehead atoms. The van der Waals surface area contributed by atoms with E-state index in [-0.39, 0.29) is 17.3 Å². The molecule has 1 aromatic heterocycles. The molecule has 2 N–H and O–H groups in total. The van der Waals surface area contributed by atoms with Crippen LogP contribution >= 0.6 is 15.9 Å². The molecule has 2 heterocycles. The number of aromatic amines is 1. The number of ether oxygens (including phenoxy) is 3. The molecule has 0 radical (unpaired) electrons. The minimum absolute atomic E-state index is 0.0832. The number of rotatable bonds is 7. The fraction of sp³-hybridized carbons (Fsp3) is 0.179. The molecule has 3 aromatic carbocycles. The number of fused-ring (bicyclic) bond motifs is 1. The fourth-order valence-corrected chi connectivity index (χ4v) is 5.06. The second-order valence-electron chi connectivity index (χ2n) is 8.44. The van der Waals surface area contributed by atoms with Crippen LogP contribution in [0.3, 0.4) is 0 Å². The van der Waals surface area contributed by atoms with Crippen LogP contribution in [0.4, 0.5) is 5.95 Å². The molecular weight excluding hydrogens is 554 g/mol. The fourth-order valence-electron chi connectivity index (χ4n) is 4.52. The second kappa shape index (κ2) is 10.2. The molecule has 1 saturated heterocycles. The predicted octanol–water partition coefficient (Wildman–Crippen LogP) is 5.37. The molecular formula is C28H24BrN3O6. The van der Waals surface area contributed by atoms with Crippen LogP contribution in [-0.4, -0.2) is 47.6 Å². The number of Topliss-reactive ketones (excluding diaryl/α,β-unsaturated/α-hetero) is 1. The van der Waals surface area contributed by atoms with E-state index in [4.69, 9.17) is 14.2 Å². The van der Waals surface area contributed by atoms with Gasteiger partial charge in [-0.25, -0.2) is 4.98 Å². The highest BCUT2D eigenvalue weighted by Gasteiger charge is 2.48. The van der Waals surface area contributed by atoms with Crippen molar-refractivity contribution in [3.8, 4) is 17.2 Å². The summed E-state index contributed by atoms with van der Waals surface area (Å²) >= 11 is 3.42. The van der Waals surface area contributed by atoms with E-state index in [9.17, 15) is 14.7 Å². The lowest BCUT2D eigenvalue weighted by Crippen LogP contribution is -2.30. The largest absolute Gasteiger partial charge is 0.507 e. The number of aromatic nitrogens is 2. The molecule has 0 spiro atoms. The minimum atomic E-state index is -0.999. The summed E-state index contributed by atoms with van der Waals surface area (Å²) in [6, 6.07) is 16.3. The lowest BCUT2D eigenvalue weighted by atomic mass is 9.95. The Bertz CT molecular complexity index is 1560. The van der Waals surface area contributed by atoms with Crippen molar-refractivity contribution in [1.82, 2.24) is 9.97 Å². The number of aliphatic hydroxyl groups is 1. The van der Waals surface area contributed by atoms with E-state index in [0.717, 1.165) is 0 Å². The van der Waals surface area contributed by atoms with Gasteiger partial charge in [0.2, 0.25) is 5.95 Å². The number of hydrogen-bond donors (Lipinski definition) is 2. The van der Waals surface area contributed by atoms with Crippen LogP contribution in [-0.2, 0) is 9.59 Å². The number of para-hydroxylation sites is 2. The average molecular weight is 578 g/mol. The maximum absolute atomic E-state index is 13.5. The molecule has 10 heteroatoms. The van der Waals surface area contributed by atoms with Gasteiger partial charge in [0, 0.05) is 5.56 Å². The Kier molecular flexibility index (Phi) is 6.81. The van der Waals surface area contributed by atoms with Gasteiger partial charge in [-0.2, -0.15) is 0 Å². The summed E-state index contributed by atoms with van der Waals surface area (Å²) in [5.41, 5.74) is 2.12. The molecule has 1 aliphatic rings. The predicted molar refractivity (Wildman–Crippen MR) is 146 cm³/mol. The molecule has 1 unspecified atom stereocenters. The van der Waals surface area contributed by atoms with Crippen molar-refractivity contribution in [2.45, 2.75) is 13.0 Å². The van der Waals surface area contributed by atoms with Gasteiger partial charge in [0.05, 0.1) is 47.9 Å². The van der Waals surface area contributed by atoms with E-state index in [1.807, 2.05) is 25.1 Å². The van der Waals surface area contributed by atoms with E-state index >= 15 is 0 Å². The lowest BCUT2D eigenvalue weighted by Gasteiger charge is -2.24. The minimum Gasteiger partial charge on any atom is -0.507 e. The topological polar surface area (TPSA) is 114 Å². The van der Waals surface area contributed by atoms with Crippen molar-refractivity contribution < 1.29 is 28.9 Å². The molecule has 1 atom stereocenters. The third-order valence-corrected chi connectivity index (χ3v) is 6.90. The van der Waals surface area contributed by atoms with Crippen molar-refractivity contribution in [3.63, 3.8) is 0 Å². The van der Waals surface area contributed by atoms with Gasteiger partial charge in [-0.3, -0.25) is 14.5 Å². The highest BCUT2D eigenvalue weighted by molar-refractivity contribution is 9.10. The Hall–Kier alpha value is -4.31. The number of aliphatic hydroxyl groups excluding tert-OH is 1. The molecule has 38 heavy (non-hydrogen) atoms. The zero-order valence-corrected chi connectivity index (χ0v) is 22.4. The molecule has 4 aromatic rings. The van der Waals surface area contributed by atoms with Crippen LogP contribution in [0.5, 0.6) is 17.2 Å². The van der Waals surface area contributed by atoms with Gasteiger partial charge in [-0.15, -0.1) is 0 Å². The van der Waals surface area contributed by atoms with Crippen LogP contribution in [0, 0.1) is 0 Å². The van der Waals surface area contributed by atoms with Gasteiger partial charge in [0.25, 0.3) is 5.78 Å².